The summed E-state index contributed by atoms with van der Waals surface area (Å²) in [5, 5.41) is 10.4. The molecule has 3 nitrogen and oxygen atoms in total. The van der Waals surface area contributed by atoms with Crippen LogP contribution < -0.4 is 0 Å². The summed E-state index contributed by atoms with van der Waals surface area (Å²) in [4.78, 5) is 11.3. The van der Waals surface area contributed by atoms with Crippen molar-refractivity contribution in [1.82, 2.24) is 4.57 Å². The Bertz CT molecular complexity index is 611. The number of fused-ring (bicyclic) bond motifs is 1. The van der Waals surface area contributed by atoms with E-state index in [1.54, 1.807) is 0 Å². The van der Waals surface area contributed by atoms with Crippen molar-refractivity contribution < 1.29 is 9.90 Å². The van der Waals surface area contributed by atoms with Gasteiger partial charge in [-0.1, -0.05) is 20.3 Å². The summed E-state index contributed by atoms with van der Waals surface area (Å²) >= 11 is 0. The summed E-state index contributed by atoms with van der Waals surface area (Å²) in [5.74, 6) is -0.844. The van der Waals surface area contributed by atoms with E-state index in [2.05, 4.69) is 31.5 Å². The van der Waals surface area contributed by atoms with E-state index in [1.807, 2.05) is 12.1 Å². The molecule has 102 valence electrons. The average Bonchev–Trinajstić information content (AvgIpc) is 2.76. The Morgan fingerprint density at radius 1 is 1.21 bits per heavy atom. The predicted octanol–water partition coefficient (Wildman–Crippen LogP) is 3.87. The Labute approximate surface area is 113 Å². The predicted molar refractivity (Wildman–Crippen MR) is 77.9 cm³/mol. The Kier molecular flexibility index (Phi) is 3.93. The summed E-state index contributed by atoms with van der Waals surface area (Å²) in [6.07, 6.45) is 5.10. The van der Waals surface area contributed by atoms with Crippen LogP contribution in [0.2, 0.25) is 0 Å². The largest absolute Gasteiger partial charge is 0.478 e. The van der Waals surface area contributed by atoms with Gasteiger partial charge >= 0.3 is 5.97 Å². The summed E-state index contributed by atoms with van der Waals surface area (Å²) in [6, 6.07) is 3.64. The van der Waals surface area contributed by atoms with Crippen LogP contribution in [0.25, 0.3) is 10.9 Å². The number of rotatable bonds is 5. The van der Waals surface area contributed by atoms with E-state index in [0.717, 1.165) is 36.8 Å². The number of aromatic nitrogens is 1. The fraction of sp³-hybridized carbons (Fsp3) is 0.438. The number of carboxylic acid groups (broad SMARTS) is 1. The molecule has 0 saturated heterocycles. The fourth-order valence-corrected chi connectivity index (χ4v) is 2.71. The molecular formula is C16H21NO2. The Hall–Kier alpha value is -1.77. The highest BCUT2D eigenvalue weighted by Crippen LogP contribution is 2.28. The Balaban J connectivity index is 2.78. The van der Waals surface area contributed by atoms with Crippen molar-refractivity contribution in [2.24, 2.45) is 0 Å². The van der Waals surface area contributed by atoms with Crippen molar-refractivity contribution in [1.29, 1.82) is 0 Å². The fourth-order valence-electron chi connectivity index (χ4n) is 2.71. The third kappa shape index (κ3) is 2.37. The van der Waals surface area contributed by atoms with Gasteiger partial charge in [-0.25, -0.2) is 4.79 Å². The van der Waals surface area contributed by atoms with Gasteiger partial charge in [0, 0.05) is 18.1 Å². The second kappa shape index (κ2) is 5.47. The number of nitrogens with zero attached hydrogens (tertiary/aromatic N) is 1. The number of carbonyl (C=O) groups is 1. The Morgan fingerprint density at radius 2 is 1.95 bits per heavy atom. The van der Waals surface area contributed by atoms with Gasteiger partial charge in [-0.3, -0.25) is 0 Å². The zero-order valence-corrected chi connectivity index (χ0v) is 11.9. The topological polar surface area (TPSA) is 42.2 Å². The van der Waals surface area contributed by atoms with Crippen LogP contribution in [0.3, 0.4) is 0 Å². The van der Waals surface area contributed by atoms with Crippen molar-refractivity contribution >= 4 is 16.9 Å². The maximum atomic E-state index is 11.3. The lowest BCUT2D eigenvalue weighted by Gasteiger charge is -2.08. The van der Waals surface area contributed by atoms with Gasteiger partial charge in [0.1, 0.15) is 0 Å². The lowest BCUT2D eigenvalue weighted by molar-refractivity contribution is 0.0697. The molecule has 1 aromatic carbocycles. The second-order valence-electron chi connectivity index (χ2n) is 4.88. The number of benzene rings is 1. The van der Waals surface area contributed by atoms with E-state index in [-0.39, 0.29) is 0 Å². The lowest BCUT2D eigenvalue weighted by atomic mass is 10.0. The maximum absolute atomic E-state index is 11.3. The van der Waals surface area contributed by atoms with E-state index in [0.29, 0.717) is 5.56 Å². The highest BCUT2D eigenvalue weighted by atomic mass is 16.4. The molecular weight excluding hydrogens is 238 g/mol. The van der Waals surface area contributed by atoms with Gasteiger partial charge in [0.05, 0.1) is 11.1 Å². The molecule has 0 atom stereocenters. The summed E-state index contributed by atoms with van der Waals surface area (Å²) in [7, 11) is 0. The first-order chi connectivity index (χ1) is 9.12. The van der Waals surface area contributed by atoms with Crippen LogP contribution in [-0.2, 0) is 19.4 Å². The van der Waals surface area contributed by atoms with Gasteiger partial charge in [-0.15, -0.1) is 0 Å². The average molecular weight is 259 g/mol. The molecule has 0 amide bonds. The zero-order chi connectivity index (χ0) is 14.0. The Morgan fingerprint density at radius 3 is 2.47 bits per heavy atom. The molecule has 0 spiro atoms. The molecule has 2 aromatic rings. The molecule has 1 aromatic heterocycles. The summed E-state index contributed by atoms with van der Waals surface area (Å²) < 4.78 is 2.24. The third-order valence-corrected chi connectivity index (χ3v) is 3.62. The molecule has 0 bridgehead atoms. The van der Waals surface area contributed by atoms with Crippen molar-refractivity contribution in [2.75, 3.05) is 0 Å². The molecule has 0 aliphatic rings. The molecule has 0 unspecified atom stereocenters. The van der Waals surface area contributed by atoms with Crippen LogP contribution in [0, 0.1) is 0 Å². The maximum Gasteiger partial charge on any atom is 0.335 e. The molecule has 0 saturated carbocycles. The minimum atomic E-state index is -0.844. The molecule has 0 radical (unpaired) electrons. The van der Waals surface area contributed by atoms with Gasteiger partial charge in [-0.2, -0.15) is 0 Å². The van der Waals surface area contributed by atoms with Crippen molar-refractivity contribution in [3.63, 3.8) is 0 Å². The second-order valence-corrected chi connectivity index (χ2v) is 4.88. The highest BCUT2D eigenvalue weighted by Gasteiger charge is 2.14. The molecule has 1 N–H and O–H groups in total. The van der Waals surface area contributed by atoms with E-state index in [4.69, 9.17) is 0 Å². The normalized spacial score (nSPS) is 11.1. The summed E-state index contributed by atoms with van der Waals surface area (Å²) in [5.41, 5.74) is 3.99. The quantitative estimate of drug-likeness (QED) is 0.885. The number of hydrogen-bond donors (Lipinski definition) is 1. The number of aryl methyl sites for hydroxylation is 3. The molecule has 3 heteroatoms. The minimum absolute atomic E-state index is 0.399. The number of hydrogen-bond acceptors (Lipinski definition) is 1. The molecule has 19 heavy (non-hydrogen) atoms. The van der Waals surface area contributed by atoms with Crippen LogP contribution in [0.4, 0.5) is 0 Å². The van der Waals surface area contributed by atoms with Crippen molar-refractivity contribution in [3.05, 3.63) is 35.0 Å². The zero-order valence-electron chi connectivity index (χ0n) is 11.9. The smallest absolute Gasteiger partial charge is 0.335 e. The van der Waals surface area contributed by atoms with Crippen LogP contribution in [-0.4, -0.2) is 15.6 Å². The molecule has 0 aliphatic carbocycles. The van der Waals surface area contributed by atoms with Crippen LogP contribution in [0.15, 0.2) is 18.3 Å². The molecule has 2 rings (SSSR count). The van der Waals surface area contributed by atoms with Crippen LogP contribution >= 0.6 is 0 Å². The molecule has 0 aliphatic heterocycles. The number of carboxylic acids is 1. The lowest BCUT2D eigenvalue weighted by Crippen LogP contribution is -2.00. The van der Waals surface area contributed by atoms with E-state index in [1.165, 1.54) is 11.1 Å². The first-order valence-corrected chi connectivity index (χ1v) is 7.00. The van der Waals surface area contributed by atoms with E-state index in [9.17, 15) is 9.90 Å². The van der Waals surface area contributed by atoms with E-state index < -0.39 is 5.97 Å². The third-order valence-electron chi connectivity index (χ3n) is 3.62. The standard InChI is InChI=1S/C16H21NO2/c1-4-7-12-10-17(6-3)15-11(5-2)8-13(16(18)19)9-14(12)15/h8-10H,4-7H2,1-3H3,(H,18,19). The van der Waals surface area contributed by atoms with Gasteiger partial charge in [0.15, 0.2) is 0 Å². The molecule has 1 heterocycles. The van der Waals surface area contributed by atoms with E-state index >= 15 is 0 Å². The van der Waals surface area contributed by atoms with Crippen LogP contribution in [0.5, 0.6) is 0 Å². The van der Waals surface area contributed by atoms with Crippen molar-refractivity contribution in [3.8, 4) is 0 Å². The van der Waals surface area contributed by atoms with Crippen LogP contribution in [0.1, 0.15) is 48.7 Å². The highest BCUT2D eigenvalue weighted by molar-refractivity contribution is 5.96. The molecule has 0 fully saturated rings. The minimum Gasteiger partial charge on any atom is -0.478 e. The van der Waals surface area contributed by atoms with Gasteiger partial charge < -0.3 is 9.67 Å². The first kappa shape index (κ1) is 13.7. The van der Waals surface area contributed by atoms with Gasteiger partial charge in [0.25, 0.3) is 0 Å². The SMILES string of the molecule is CCCc1cn(CC)c2c(CC)cc(C(=O)O)cc12. The van der Waals surface area contributed by atoms with Gasteiger partial charge in [0.2, 0.25) is 0 Å². The monoisotopic (exact) mass is 259 g/mol. The first-order valence-electron chi connectivity index (χ1n) is 7.00. The summed E-state index contributed by atoms with van der Waals surface area (Å²) in [6.45, 7) is 7.27. The number of aromatic carboxylic acids is 1. The van der Waals surface area contributed by atoms with Gasteiger partial charge in [-0.05, 0) is 43.0 Å². The van der Waals surface area contributed by atoms with Crippen molar-refractivity contribution in [2.45, 2.75) is 46.6 Å².